The van der Waals surface area contributed by atoms with E-state index < -0.39 is 0 Å². The van der Waals surface area contributed by atoms with Crippen LogP contribution in [0.15, 0.2) is 0 Å². The Bertz CT molecular complexity index is 405. The van der Waals surface area contributed by atoms with E-state index in [9.17, 15) is 4.79 Å². The highest BCUT2D eigenvalue weighted by Crippen LogP contribution is 2.28. The fourth-order valence-corrected chi connectivity index (χ4v) is 1.93. The van der Waals surface area contributed by atoms with Gasteiger partial charge < -0.3 is 5.32 Å². The van der Waals surface area contributed by atoms with Crippen LogP contribution in [-0.2, 0) is 0 Å². The summed E-state index contributed by atoms with van der Waals surface area (Å²) >= 11 is 1.13. The molecule has 2 amide bonds. The number of urea groups is 1. The minimum absolute atomic E-state index is 0.177. The second-order valence-electron chi connectivity index (χ2n) is 3.24. The van der Waals surface area contributed by atoms with Crippen molar-refractivity contribution in [3.05, 3.63) is 11.3 Å². The summed E-state index contributed by atoms with van der Waals surface area (Å²) in [6, 6.07) is 1.72. The van der Waals surface area contributed by atoms with Crippen molar-refractivity contribution in [1.82, 2.24) is 9.69 Å². The Kier molecular flexibility index (Phi) is 3.63. The molecule has 0 bridgehead atoms. The van der Waals surface area contributed by atoms with Crippen LogP contribution in [0.5, 0.6) is 0 Å². The molecule has 0 saturated heterocycles. The lowest BCUT2D eigenvalue weighted by Gasteiger charge is -2.02. The summed E-state index contributed by atoms with van der Waals surface area (Å²) in [7, 11) is 1.52. The first-order valence-corrected chi connectivity index (χ1v) is 5.25. The third-order valence-corrected chi connectivity index (χ3v) is 2.61. The van der Waals surface area contributed by atoms with Gasteiger partial charge in [-0.05, 0) is 17.5 Å². The van der Waals surface area contributed by atoms with Crippen LogP contribution in [0.3, 0.4) is 0 Å². The van der Waals surface area contributed by atoms with E-state index in [1.165, 1.54) is 7.05 Å². The molecule has 0 atom stereocenters. The maximum atomic E-state index is 11.1. The first-order valence-electron chi connectivity index (χ1n) is 4.48. The van der Waals surface area contributed by atoms with Gasteiger partial charge in [-0.3, -0.25) is 5.32 Å². The molecule has 80 valence electrons. The number of carbonyl (C=O) groups excluding carboxylic acids is 1. The van der Waals surface area contributed by atoms with Gasteiger partial charge in [0.05, 0.1) is 5.69 Å². The third-order valence-electron chi connectivity index (χ3n) is 1.83. The number of carbonyl (C=O) groups is 1. The Labute approximate surface area is 92.3 Å². The highest BCUT2D eigenvalue weighted by Gasteiger charge is 2.17. The number of nitrogens with zero attached hydrogens (tertiary/aromatic N) is 2. The second-order valence-corrected chi connectivity index (χ2v) is 4.02. The van der Waals surface area contributed by atoms with Crippen LogP contribution >= 0.6 is 11.5 Å². The SMILES string of the molecule is CNC(=O)Nc1snc(C(C)C)c1C#N. The van der Waals surface area contributed by atoms with Crippen LogP contribution in [0, 0.1) is 11.3 Å². The Morgan fingerprint density at radius 3 is 2.73 bits per heavy atom. The summed E-state index contributed by atoms with van der Waals surface area (Å²) in [5.74, 6) is 0.177. The molecule has 0 aliphatic carbocycles. The standard InChI is InChI=1S/C9H12N4OS/c1-5(2)7-6(4-10)8(15-13-7)12-9(14)11-3/h5H,1-3H3,(H2,11,12,14). The number of anilines is 1. The molecular formula is C9H12N4OS. The van der Waals surface area contributed by atoms with Crippen LogP contribution < -0.4 is 10.6 Å². The molecule has 1 rings (SSSR count). The monoisotopic (exact) mass is 224 g/mol. The number of aromatic nitrogens is 1. The van der Waals surface area contributed by atoms with E-state index in [4.69, 9.17) is 5.26 Å². The summed E-state index contributed by atoms with van der Waals surface area (Å²) in [4.78, 5) is 11.1. The fourth-order valence-electron chi connectivity index (χ4n) is 1.06. The Morgan fingerprint density at radius 1 is 1.60 bits per heavy atom. The van der Waals surface area contributed by atoms with Gasteiger partial charge in [-0.2, -0.15) is 9.64 Å². The van der Waals surface area contributed by atoms with Gasteiger partial charge in [0.1, 0.15) is 16.6 Å². The average Bonchev–Trinajstić information content (AvgIpc) is 2.60. The maximum Gasteiger partial charge on any atom is 0.319 e. The number of hydrogen-bond acceptors (Lipinski definition) is 4. The fraction of sp³-hybridized carbons (Fsp3) is 0.444. The largest absolute Gasteiger partial charge is 0.341 e. The molecule has 1 aromatic rings. The quantitative estimate of drug-likeness (QED) is 0.805. The van der Waals surface area contributed by atoms with Crippen LogP contribution in [0.25, 0.3) is 0 Å². The Hall–Kier alpha value is -1.61. The first kappa shape index (κ1) is 11.5. The molecule has 0 aromatic carbocycles. The molecule has 0 fully saturated rings. The first-order chi connectivity index (χ1) is 7.10. The van der Waals surface area contributed by atoms with Gasteiger partial charge in [0.15, 0.2) is 0 Å². The topological polar surface area (TPSA) is 77.8 Å². The maximum absolute atomic E-state index is 11.1. The van der Waals surface area contributed by atoms with Gasteiger partial charge in [-0.1, -0.05) is 13.8 Å². The molecule has 1 aromatic heterocycles. The van der Waals surface area contributed by atoms with Gasteiger partial charge in [0.25, 0.3) is 0 Å². The predicted molar refractivity (Wildman–Crippen MR) is 59.0 cm³/mol. The number of amides is 2. The average molecular weight is 224 g/mol. The van der Waals surface area contributed by atoms with Crippen LogP contribution in [0.4, 0.5) is 9.80 Å². The van der Waals surface area contributed by atoms with Crippen LogP contribution in [0.2, 0.25) is 0 Å². The normalized spacial score (nSPS) is 9.80. The lowest BCUT2D eigenvalue weighted by atomic mass is 10.1. The number of nitriles is 1. The van der Waals surface area contributed by atoms with E-state index in [1.807, 2.05) is 13.8 Å². The van der Waals surface area contributed by atoms with E-state index in [2.05, 4.69) is 21.1 Å². The smallest absolute Gasteiger partial charge is 0.319 e. The zero-order valence-corrected chi connectivity index (χ0v) is 9.60. The summed E-state index contributed by atoms with van der Waals surface area (Å²) in [5.41, 5.74) is 1.19. The van der Waals surface area contributed by atoms with Crippen molar-refractivity contribution in [2.24, 2.45) is 0 Å². The summed E-state index contributed by atoms with van der Waals surface area (Å²) in [6.07, 6.45) is 0. The molecule has 0 radical (unpaired) electrons. The van der Waals surface area contributed by atoms with E-state index in [-0.39, 0.29) is 11.9 Å². The minimum Gasteiger partial charge on any atom is -0.341 e. The Morgan fingerprint density at radius 2 is 2.27 bits per heavy atom. The third kappa shape index (κ3) is 2.44. The van der Waals surface area contributed by atoms with Crippen LogP contribution in [-0.4, -0.2) is 17.5 Å². The van der Waals surface area contributed by atoms with Crippen molar-refractivity contribution in [3.8, 4) is 6.07 Å². The zero-order chi connectivity index (χ0) is 11.4. The summed E-state index contributed by atoms with van der Waals surface area (Å²) < 4.78 is 4.15. The molecular weight excluding hydrogens is 212 g/mol. The van der Waals surface area contributed by atoms with E-state index in [0.29, 0.717) is 10.6 Å². The molecule has 15 heavy (non-hydrogen) atoms. The van der Waals surface area contributed by atoms with E-state index >= 15 is 0 Å². The molecule has 0 aliphatic heterocycles. The van der Waals surface area contributed by atoms with Gasteiger partial charge in [0.2, 0.25) is 0 Å². The molecule has 5 nitrogen and oxygen atoms in total. The molecule has 0 spiro atoms. The van der Waals surface area contributed by atoms with Gasteiger partial charge in [0, 0.05) is 7.05 Å². The van der Waals surface area contributed by atoms with Crippen LogP contribution in [0.1, 0.15) is 31.0 Å². The molecule has 2 N–H and O–H groups in total. The highest BCUT2D eigenvalue weighted by molar-refractivity contribution is 7.10. The molecule has 0 unspecified atom stereocenters. The molecule has 1 heterocycles. The lowest BCUT2D eigenvalue weighted by molar-refractivity contribution is 0.254. The highest BCUT2D eigenvalue weighted by atomic mass is 32.1. The predicted octanol–water partition coefficient (Wildman–Crippen LogP) is 1.89. The van der Waals surface area contributed by atoms with E-state index in [1.54, 1.807) is 0 Å². The van der Waals surface area contributed by atoms with E-state index in [0.717, 1.165) is 17.2 Å². The Balaban J connectivity index is 3.01. The molecule has 0 saturated carbocycles. The van der Waals surface area contributed by atoms with Crippen molar-refractivity contribution in [2.45, 2.75) is 19.8 Å². The number of nitrogens with one attached hydrogen (secondary N) is 2. The molecule has 6 heteroatoms. The van der Waals surface area contributed by atoms with Gasteiger partial charge in [-0.25, -0.2) is 4.79 Å². The number of rotatable bonds is 2. The zero-order valence-electron chi connectivity index (χ0n) is 8.79. The van der Waals surface area contributed by atoms with Crippen molar-refractivity contribution < 1.29 is 4.79 Å². The second kappa shape index (κ2) is 4.75. The van der Waals surface area contributed by atoms with Crippen molar-refractivity contribution in [3.63, 3.8) is 0 Å². The summed E-state index contributed by atoms with van der Waals surface area (Å²) in [5, 5.41) is 14.5. The molecule has 0 aliphatic rings. The minimum atomic E-state index is -0.342. The van der Waals surface area contributed by atoms with Crippen molar-refractivity contribution in [2.75, 3.05) is 12.4 Å². The van der Waals surface area contributed by atoms with Gasteiger partial charge >= 0.3 is 6.03 Å². The van der Waals surface area contributed by atoms with Crippen molar-refractivity contribution >= 4 is 22.6 Å². The number of hydrogen-bond donors (Lipinski definition) is 2. The van der Waals surface area contributed by atoms with Gasteiger partial charge in [-0.15, -0.1) is 0 Å². The van der Waals surface area contributed by atoms with Crippen molar-refractivity contribution in [1.29, 1.82) is 5.26 Å². The summed E-state index contributed by atoms with van der Waals surface area (Å²) in [6.45, 7) is 3.92. The lowest BCUT2D eigenvalue weighted by Crippen LogP contribution is -2.24.